The highest BCUT2D eigenvalue weighted by Crippen LogP contribution is 2.19. The van der Waals surface area contributed by atoms with Gasteiger partial charge in [-0.15, -0.1) is 0 Å². The first-order valence-corrected chi connectivity index (χ1v) is 8.28. The summed E-state index contributed by atoms with van der Waals surface area (Å²) in [5.41, 5.74) is 7.93. The lowest BCUT2D eigenvalue weighted by molar-refractivity contribution is 0.560. The number of sulfonamides is 1. The fourth-order valence-corrected chi connectivity index (χ4v) is 3.44. The molecule has 7 heteroatoms. The fraction of sp³-hybridized carbons (Fsp3) is 0.357. The van der Waals surface area contributed by atoms with Gasteiger partial charge in [0.25, 0.3) is 0 Å². The third kappa shape index (κ3) is 3.83. The average molecular weight is 308 g/mol. The molecule has 2 rings (SSSR count). The summed E-state index contributed by atoms with van der Waals surface area (Å²) in [6.45, 7) is 4.61. The van der Waals surface area contributed by atoms with E-state index in [1.807, 2.05) is 20.0 Å². The van der Waals surface area contributed by atoms with E-state index in [1.54, 1.807) is 23.0 Å². The smallest absolute Gasteiger partial charge is 0.240 e. The number of anilines is 1. The van der Waals surface area contributed by atoms with Crippen LogP contribution < -0.4 is 10.5 Å². The number of nitrogens with two attached hydrogens (primary N) is 1. The van der Waals surface area contributed by atoms with Crippen LogP contribution in [0.25, 0.3) is 0 Å². The Morgan fingerprint density at radius 3 is 2.76 bits per heavy atom. The summed E-state index contributed by atoms with van der Waals surface area (Å²) >= 11 is 0. The zero-order chi connectivity index (χ0) is 15.5. The molecule has 0 bridgehead atoms. The van der Waals surface area contributed by atoms with Crippen molar-refractivity contribution in [1.82, 2.24) is 14.5 Å². The molecule has 0 saturated heterocycles. The first-order chi connectivity index (χ1) is 9.92. The van der Waals surface area contributed by atoms with Gasteiger partial charge in [-0.25, -0.2) is 13.1 Å². The highest BCUT2D eigenvalue weighted by Gasteiger charge is 2.17. The lowest BCUT2D eigenvalue weighted by atomic mass is 10.1. The quantitative estimate of drug-likeness (QED) is 0.787. The summed E-state index contributed by atoms with van der Waals surface area (Å²) in [4.78, 5) is 0.252. The van der Waals surface area contributed by atoms with E-state index in [4.69, 9.17) is 5.73 Å². The molecule has 1 aromatic heterocycles. The van der Waals surface area contributed by atoms with Crippen molar-refractivity contribution in [3.05, 3.63) is 41.7 Å². The van der Waals surface area contributed by atoms with E-state index < -0.39 is 10.0 Å². The minimum absolute atomic E-state index is 0.252. The Morgan fingerprint density at radius 2 is 2.14 bits per heavy atom. The van der Waals surface area contributed by atoms with Crippen molar-refractivity contribution in [3.63, 3.8) is 0 Å². The normalized spacial score (nSPS) is 11.7. The van der Waals surface area contributed by atoms with Crippen LogP contribution in [0.5, 0.6) is 0 Å². The number of aromatic nitrogens is 2. The highest BCUT2D eigenvalue weighted by molar-refractivity contribution is 7.89. The van der Waals surface area contributed by atoms with Crippen molar-refractivity contribution in [3.8, 4) is 0 Å². The van der Waals surface area contributed by atoms with Gasteiger partial charge < -0.3 is 5.73 Å². The minimum atomic E-state index is -3.56. The molecule has 0 aliphatic carbocycles. The van der Waals surface area contributed by atoms with Crippen LogP contribution >= 0.6 is 0 Å². The first-order valence-electron chi connectivity index (χ1n) is 6.79. The molecule has 0 aliphatic rings. The van der Waals surface area contributed by atoms with Crippen LogP contribution in [-0.4, -0.2) is 24.7 Å². The minimum Gasteiger partial charge on any atom is -0.399 e. The molecule has 0 amide bonds. The maximum Gasteiger partial charge on any atom is 0.240 e. The Morgan fingerprint density at radius 1 is 1.38 bits per heavy atom. The predicted octanol–water partition coefficient (Wildman–Crippen LogP) is 1.31. The van der Waals surface area contributed by atoms with Crippen molar-refractivity contribution in [2.24, 2.45) is 0 Å². The van der Waals surface area contributed by atoms with Crippen molar-refractivity contribution in [2.75, 3.05) is 12.3 Å². The van der Waals surface area contributed by atoms with Gasteiger partial charge >= 0.3 is 0 Å². The highest BCUT2D eigenvalue weighted by atomic mass is 32.2. The molecule has 0 atom stereocenters. The molecule has 3 N–H and O–H groups in total. The molecule has 0 aliphatic heterocycles. The van der Waals surface area contributed by atoms with Gasteiger partial charge in [0, 0.05) is 18.4 Å². The number of nitrogens with one attached hydrogen (secondary N) is 1. The number of rotatable bonds is 6. The Kier molecular flexibility index (Phi) is 4.64. The lowest BCUT2D eigenvalue weighted by Gasteiger charge is -2.11. The summed E-state index contributed by atoms with van der Waals surface area (Å²) in [6.07, 6.45) is 4.24. The van der Waals surface area contributed by atoms with Crippen LogP contribution in [0.15, 0.2) is 35.5 Å². The van der Waals surface area contributed by atoms with Crippen LogP contribution in [0.2, 0.25) is 0 Å². The first kappa shape index (κ1) is 15.5. The Bertz CT molecular complexity index is 722. The summed E-state index contributed by atoms with van der Waals surface area (Å²) < 4.78 is 29.0. The Hall–Kier alpha value is -1.86. The summed E-state index contributed by atoms with van der Waals surface area (Å²) in [7, 11) is -3.56. The van der Waals surface area contributed by atoms with Crippen molar-refractivity contribution >= 4 is 15.7 Å². The monoisotopic (exact) mass is 308 g/mol. The van der Waals surface area contributed by atoms with Crippen LogP contribution in [0.3, 0.4) is 0 Å². The molecule has 0 unspecified atom stereocenters. The van der Waals surface area contributed by atoms with E-state index in [-0.39, 0.29) is 11.4 Å². The molecule has 0 saturated carbocycles. The SMILES string of the molecule is CCc1ccc(N)cc1S(=O)(=O)NCCn1cc(C)cn1. The third-order valence-electron chi connectivity index (χ3n) is 3.16. The number of hydrogen-bond acceptors (Lipinski definition) is 4. The van der Waals surface area contributed by atoms with Gasteiger partial charge in [0.15, 0.2) is 0 Å². The second kappa shape index (κ2) is 6.28. The summed E-state index contributed by atoms with van der Waals surface area (Å²) in [5, 5.41) is 4.12. The van der Waals surface area contributed by atoms with Gasteiger partial charge in [0.2, 0.25) is 10.0 Å². The molecule has 114 valence electrons. The second-order valence-electron chi connectivity index (χ2n) is 4.90. The van der Waals surface area contributed by atoms with E-state index >= 15 is 0 Å². The zero-order valence-corrected chi connectivity index (χ0v) is 13.0. The van der Waals surface area contributed by atoms with Crippen molar-refractivity contribution in [1.29, 1.82) is 0 Å². The number of aryl methyl sites for hydroxylation is 2. The lowest BCUT2D eigenvalue weighted by Crippen LogP contribution is -2.28. The second-order valence-corrected chi connectivity index (χ2v) is 6.63. The van der Waals surface area contributed by atoms with Gasteiger partial charge in [-0.1, -0.05) is 13.0 Å². The maximum atomic E-state index is 12.4. The molecule has 21 heavy (non-hydrogen) atoms. The molecule has 1 heterocycles. The predicted molar refractivity (Wildman–Crippen MR) is 82.4 cm³/mol. The van der Waals surface area contributed by atoms with E-state index in [0.29, 0.717) is 18.7 Å². The van der Waals surface area contributed by atoms with E-state index in [0.717, 1.165) is 11.1 Å². The Labute approximate surface area is 125 Å². The summed E-state index contributed by atoms with van der Waals surface area (Å²) in [6, 6.07) is 4.96. The molecule has 1 aromatic carbocycles. The molecule has 0 spiro atoms. The van der Waals surface area contributed by atoms with Crippen LogP contribution in [0.4, 0.5) is 5.69 Å². The molecule has 2 aromatic rings. The maximum absolute atomic E-state index is 12.4. The topological polar surface area (TPSA) is 90.0 Å². The van der Waals surface area contributed by atoms with Crippen LogP contribution in [0, 0.1) is 6.92 Å². The van der Waals surface area contributed by atoms with E-state index in [1.165, 1.54) is 6.07 Å². The van der Waals surface area contributed by atoms with Gasteiger partial charge in [0.1, 0.15) is 0 Å². The molecular weight excluding hydrogens is 288 g/mol. The fourth-order valence-electron chi connectivity index (χ4n) is 2.07. The molecule has 0 fully saturated rings. The number of hydrogen-bond donors (Lipinski definition) is 2. The van der Waals surface area contributed by atoms with E-state index in [9.17, 15) is 8.42 Å². The number of nitrogens with zero attached hydrogens (tertiary/aromatic N) is 2. The molecule has 6 nitrogen and oxygen atoms in total. The van der Waals surface area contributed by atoms with Gasteiger partial charge in [-0.2, -0.15) is 5.10 Å². The zero-order valence-electron chi connectivity index (χ0n) is 12.2. The van der Waals surface area contributed by atoms with Gasteiger partial charge in [-0.3, -0.25) is 4.68 Å². The van der Waals surface area contributed by atoms with Gasteiger partial charge in [-0.05, 0) is 36.6 Å². The third-order valence-corrected chi connectivity index (χ3v) is 4.70. The largest absolute Gasteiger partial charge is 0.399 e. The van der Waals surface area contributed by atoms with Crippen LogP contribution in [-0.2, 0) is 23.0 Å². The standard InChI is InChI=1S/C14H20N4O2S/c1-3-12-4-5-13(15)8-14(12)21(19,20)17-6-7-18-10-11(2)9-16-18/h4-5,8-10,17H,3,6-7,15H2,1-2H3. The van der Waals surface area contributed by atoms with E-state index in [2.05, 4.69) is 9.82 Å². The number of benzene rings is 1. The van der Waals surface area contributed by atoms with Crippen LogP contribution in [0.1, 0.15) is 18.1 Å². The summed E-state index contributed by atoms with van der Waals surface area (Å²) in [5.74, 6) is 0. The van der Waals surface area contributed by atoms with Crippen molar-refractivity contribution < 1.29 is 8.42 Å². The Balaban J connectivity index is 2.09. The molecule has 0 radical (unpaired) electrons. The van der Waals surface area contributed by atoms with Gasteiger partial charge in [0.05, 0.1) is 17.6 Å². The molecular formula is C14H20N4O2S. The average Bonchev–Trinajstić information content (AvgIpc) is 2.84. The van der Waals surface area contributed by atoms with Crippen molar-refractivity contribution in [2.45, 2.75) is 31.7 Å². The number of nitrogen functional groups attached to an aromatic ring is 1.